The van der Waals surface area contributed by atoms with E-state index in [0.29, 0.717) is 12.1 Å². The van der Waals surface area contributed by atoms with E-state index in [9.17, 15) is 39.9 Å². The topological polar surface area (TPSA) is 54.0 Å². The Morgan fingerprint density at radius 1 is 0.903 bits per heavy atom. The van der Waals surface area contributed by atoms with Crippen molar-refractivity contribution in [3.63, 3.8) is 0 Å². The lowest BCUT2D eigenvalue weighted by Gasteiger charge is -2.19. The van der Waals surface area contributed by atoms with E-state index in [0.717, 1.165) is 21.1 Å². The summed E-state index contributed by atoms with van der Waals surface area (Å²) in [7, 11) is 1.64. The highest BCUT2D eigenvalue weighted by Gasteiger charge is 2.38. The maximum atomic E-state index is 14.6. The Kier molecular flexibility index (Phi) is 6.57. The third-order valence-corrected chi connectivity index (χ3v) is 3.84. The summed E-state index contributed by atoms with van der Waals surface area (Å²) < 4.78 is 123. The number of esters is 1. The van der Waals surface area contributed by atoms with Gasteiger partial charge >= 0.3 is 18.5 Å². The van der Waals surface area contributed by atoms with Gasteiger partial charge in [0.1, 0.15) is 17.1 Å². The number of ether oxygens (including phenoxy) is 4. The van der Waals surface area contributed by atoms with Crippen LogP contribution in [-0.4, -0.2) is 26.6 Å². The molecule has 0 aliphatic heterocycles. The number of carbonyl (C=O) groups excluding carboxylic acids is 1. The lowest BCUT2D eigenvalue weighted by molar-refractivity contribution is -0.275. The number of methoxy groups -OCH3 is 2. The van der Waals surface area contributed by atoms with E-state index in [4.69, 9.17) is 4.74 Å². The smallest absolute Gasteiger partial charge is 0.490 e. The van der Waals surface area contributed by atoms with Gasteiger partial charge in [-0.2, -0.15) is 17.6 Å². The number of rotatable bonds is 5. The van der Waals surface area contributed by atoms with Gasteiger partial charge < -0.3 is 18.9 Å². The standard InChI is InChI=1S/C18H12F8O5/c1-7-8(17(21,22)23)6-11(12(13(7)19)16(27)29-3)30-10-5-4-9(31-18(24,25)26)14(20)15(10)28-2/h4-6H,1-3H3. The van der Waals surface area contributed by atoms with Crippen LogP contribution in [0.3, 0.4) is 0 Å². The van der Waals surface area contributed by atoms with Crippen molar-refractivity contribution in [1.29, 1.82) is 0 Å². The van der Waals surface area contributed by atoms with E-state index in [2.05, 4.69) is 14.2 Å². The summed E-state index contributed by atoms with van der Waals surface area (Å²) in [6.07, 6.45) is -10.3. The molecule has 0 atom stereocenters. The molecule has 0 spiro atoms. The highest BCUT2D eigenvalue weighted by atomic mass is 19.4. The highest BCUT2D eigenvalue weighted by molar-refractivity contribution is 5.93. The molecule has 170 valence electrons. The molecule has 0 heterocycles. The monoisotopic (exact) mass is 460 g/mol. The minimum Gasteiger partial charge on any atom is -0.490 e. The van der Waals surface area contributed by atoms with Gasteiger partial charge in [0.05, 0.1) is 19.8 Å². The molecule has 0 fully saturated rings. The van der Waals surface area contributed by atoms with Crippen molar-refractivity contribution in [2.45, 2.75) is 19.5 Å². The molecule has 0 aliphatic carbocycles. The van der Waals surface area contributed by atoms with Crippen LogP contribution >= 0.6 is 0 Å². The van der Waals surface area contributed by atoms with Crippen LogP contribution in [0.2, 0.25) is 0 Å². The molecule has 0 radical (unpaired) electrons. The van der Waals surface area contributed by atoms with Gasteiger partial charge in [0.2, 0.25) is 11.6 Å². The molecule has 0 N–H and O–H groups in total. The van der Waals surface area contributed by atoms with Crippen LogP contribution in [0.4, 0.5) is 35.1 Å². The zero-order valence-electron chi connectivity index (χ0n) is 15.8. The fraction of sp³-hybridized carbons (Fsp3) is 0.278. The first-order chi connectivity index (χ1) is 14.2. The highest BCUT2D eigenvalue weighted by Crippen LogP contribution is 2.43. The Bertz CT molecular complexity index is 998. The van der Waals surface area contributed by atoms with Crippen molar-refractivity contribution >= 4 is 5.97 Å². The third-order valence-electron chi connectivity index (χ3n) is 3.84. The molecular formula is C18H12F8O5. The van der Waals surface area contributed by atoms with Gasteiger partial charge in [0.15, 0.2) is 11.5 Å². The van der Waals surface area contributed by atoms with Crippen molar-refractivity contribution in [1.82, 2.24) is 0 Å². The molecule has 0 aromatic heterocycles. The average molecular weight is 460 g/mol. The minimum absolute atomic E-state index is 0.266. The maximum Gasteiger partial charge on any atom is 0.573 e. The van der Waals surface area contributed by atoms with Gasteiger partial charge in [0, 0.05) is 0 Å². The van der Waals surface area contributed by atoms with Gasteiger partial charge in [-0.05, 0) is 30.7 Å². The second-order valence-corrected chi connectivity index (χ2v) is 5.78. The zero-order chi connectivity index (χ0) is 23.7. The summed E-state index contributed by atoms with van der Waals surface area (Å²) in [5, 5.41) is 0. The largest absolute Gasteiger partial charge is 0.573 e. The van der Waals surface area contributed by atoms with Gasteiger partial charge in [-0.3, -0.25) is 0 Å². The molecule has 13 heteroatoms. The lowest BCUT2D eigenvalue weighted by atomic mass is 10.0. The first-order valence-corrected chi connectivity index (χ1v) is 8.00. The summed E-state index contributed by atoms with van der Waals surface area (Å²) in [4.78, 5) is 11.9. The van der Waals surface area contributed by atoms with E-state index < -0.39 is 69.8 Å². The molecule has 2 aromatic carbocycles. The summed E-state index contributed by atoms with van der Waals surface area (Å²) in [5.74, 6) is -8.88. The summed E-state index contributed by atoms with van der Waals surface area (Å²) in [6.45, 7) is 0.762. The molecular weight excluding hydrogens is 448 g/mol. The van der Waals surface area contributed by atoms with E-state index >= 15 is 0 Å². The predicted octanol–water partition coefficient (Wildman–Crippen LogP) is 5.78. The lowest BCUT2D eigenvalue weighted by Crippen LogP contribution is -2.18. The first-order valence-electron chi connectivity index (χ1n) is 8.00. The molecule has 2 rings (SSSR count). The Labute approximate surface area is 169 Å². The summed E-state index contributed by atoms with van der Waals surface area (Å²) in [5.41, 5.74) is -3.50. The van der Waals surface area contributed by atoms with Crippen molar-refractivity contribution in [3.05, 3.63) is 46.5 Å². The first kappa shape index (κ1) is 24.0. The third kappa shape index (κ3) is 5.09. The van der Waals surface area contributed by atoms with Gasteiger partial charge in [-0.1, -0.05) is 0 Å². The molecule has 0 bridgehead atoms. The molecule has 2 aromatic rings. The zero-order valence-corrected chi connectivity index (χ0v) is 15.8. The van der Waals surface area contributed by atoms with Gasteiger partial charge in [-0.25, -0.2) is 9.18 Å². The Morgan fingerprint density at radius 2 is 1.48 bits per heavy atom. The summed E-state index contributed by atoms with van der Waals surface area (Å²) in [6, 6.07) is 1.38. The van der Waals surface area contributed by atoms with E-state index in [-0.39, 0.29) is 6.07 Å². The number of hydrogen-bond donors (Lipinski definition) is 0. The Morgan fingerprint density at radius 3 is 1.97 bits per heavy atom. The maximum absolute atomic E-state index is 14.6. The molecule has 0 unspecified atom stereocenters. The summed E-state index contributed by atoms with van der Waals surface area (Å²) >= 11 is 0. The second-order valence-electron chi connectivity index (χ2n) is 5.78. The number of halogens is 8. The fourth-order valence-electron chi connectivity index (χ4n) is 2.51. The second kappa shape index (κ2) is 8.47. The number of carbonyl (C=O) groups is 1. The van der Waals surface area contributed by atoms with E-state index in [1.165, 1.54) is 0 Å². The van der Waals surface area contributed by atoms with Crippen LogP contribution in [0.25, 0.3) is 0 Å². The molecule has 0 aliphatic rings. The van der Waals surface area contributed by atoms with Crippen LogP contribution in [0.1, 0.15) is 21.5 Å². The molecule has 31 heavy (non-hydrogen) atoms. The molecule has 0 saturated heterocycles. The Hall–Kier alpha value is -3.25. The minimum atomic E-state index is -5.26. The Balaban J connectivity index is 2.68. The van der Waals surface area contributed by atoms with Gasteiger partial charge in [-0.15, -0.1) is 13.2 Å². The number of alkyl halides is 6. The molecule has 0 amide bonds. The quantitative estimate of drug-likeness (QED) is 0.419. The van der Waals surface area contributed by atoms with Crippen molar-refractivity contribution in [2.75, 3.05) is 14.2 Å². The SMILES string of the molecule is COC(=O)c1c(Oc2ccc(OC(F)(F)F)c(F)c2OC)cc(C(F)(F)F)c(C)c1F. The molecule has 5 nitrogen and oxygen atoms in total. The molecule has 0 saturated carbocycles. The van der Waals surface area contributed by atoms with Crippen molar-refractivity contribution < 1.29 is 58.9 Å². The number of benzene rings is 2. The van der Waals surface area contributed by atoms with Crippen LogP contribution in [0.5, 0.6) is 23.0 Å². The number of hydrogen-bond acceptors (Lipinski definition) is 5. The predicted molar refractivity (Wildman–Crippen MR) is 87.2 cm³/mol. The van der Waals surface area contributed by atoms with E-state index in [1.807, 2.05) is 0 Å². The fourth-order valence-corrected chi connectivity index (χ4v) is 2.51. The van der Waals surface area contributed by atoms with Crippen LogP contribution in [0, 0.1) is 18.6 Å². The van der Waals surface area contributed by atoms with Crippen molar-refractivity contribution in [2.24, 2.45) is 0 Å². The van der Waals surface area contributed by atoms with Crippen LogP contribution < -0.4 is 14.2 Å². The van der Waals surface area contributed by atoms with Crippen LogP contribution in [-0.2, 0) is 10.9 Å². The van der Waals surface area contributed by atoms with Crippen LogP contribution in [0.15, 0.2) is 18.2 Å². The normalized spacial score (nSPS) is 11.8. The van der Waals surface area contributed by atoms with Gasteiger partial charge in [0.25, 0.3) is 0 Å². The average Bonchev–Trinajstić information content (AvgIpc) is 2.64. The van der Waals surface area contributed by atoms with Crippen molar-refractivity contribution in [3.8, 4) is 23.0 Å². The van der Waals surface area contributed by atoms with E-state index in [1.54, 1.807) is 0 Å².